The minimum Gasteiger partial charge on any atom is -0.492 e. The molecule has 8 heteroatoms. The monoisotopic (exact) mass is 415 g/mol. The SMILES string of the molecule is O=C(Nc1cccc(OCCn2cccn2)c1)C1CC1c1cccc(C(F)(F)F)c1. The van der Waals surface area contributed by atoms with Gasteiger partial charge in [0.15, 0.2) is 0 Å². The Labute approximate surface area is 171 Å². The molecular weight excluding hydrogens is 395 g/mol. The number of anilines is 1. The molecule has 2 atom stereocenters. The summed E-state index contributed by atoms with van der Waals surface area (Å²) in [5.41, 5.74) is 0.443. The molecule has 1 amide bonds. The summed E-state index contributed by atoms with van der Waals surface area (Å²) in [7, 11) is 0. The second kappa shape index (κ2) is 8.22. The zero-order valence-electron chi connectivity index (χ0n) is 16.0. The van der Waals surface area contributed by atoms with Crippen molar-refractivity contribution in [1.29, 1.82) is 0 Å². The van der Waals surface area contributed by atoms with Crippen LogP contribution >= 0.6 is 0 Å². The molecule has 0 saturated heterocycles. The van der Waals surface area contributed by atoms with Gasteiger partial charge in [0.1, 0.15) is 12.4 Å². The molecule has 1 N–H and O–H groups in total. The molecule has 1 saturated carbocycles. The summed E-state index contributed by atoms with van der Waals surface area (Å²) in [6, 6.07) is 14.1. The maximum atomic E-state index is 12.9. The molecule has 2 unspecified atom stereocenters. The molecule has 1 aromatic heterocycles. The highest BCUT2D eigenvalue weighted by molar-refractivity contribution is 5.95. The summed E-state index contributed by atoms with van der Waals surface area (Å²) >= 11 is 0. The number of amides is 1. The molecule has 3 aromatic rings. The van der Waals surface area contributed by atoms with E-state index in [1.165, 1.54) is 6.07 Å². The van der Waals surface area contributed by atoms with Crippen molar-refractivity contribution >= 4 is 11.6 Å². The van der Waals surface area contributed by atoms with Gasteiger partial charge >= 0.3 is 6.18 Å². The molecule has 1 aliphatic rings. The van der Waals surface area contributed by atoms with Crippen molar-refractivity contribution in [2.45, 2.75) is 25.1 Å². The topological polar surface area (TPSA) is 56.1 Å². The van der Waals surface area contributed by atoms with Gasteiger partial charge in [-0.2, -0.15) is 18.3 Å². The first-order chi connectivity index (χ1) is 14.4. The van der Waals surface area contributed by atoms with Crippen LogP contribution in [0.1, 0.15) is 23.5 Å². The van der Waals surface area contributed by atoms with Crippen molar-refractivity contribution in [1.82, 2.24) is 9.78 Å². The number of nitrogens with zero attached hydrogens (tertiary/aromatic N) is 2. The number of hydrogen-bond acceptors (Lipinski definition) is 3. The molecule has 30 heavy (non-hydrogen) atoms. The number of halogens is 3. The molecule has 1 aliphatic carbocycles. The van der Waals surface area contributed by atoms with E-state index in [4.69, 9.17) is 4.74 Å². The highest BCUT2D eigenvalue weighted by Crippen LogP contribution is 2.48. The number of alkyl halides is 3. The summed E-state index contributed by atoms with van der Waals surface area (Å²) < 4.78 is 46.2. The Morgan fingerprint density at radius 3 is 2.77 bits per heavy atom. The first-order valence-corrected chi connectivity index (χ1v) is 9.58. The van der Waals surface area contributed by atoms with Crippen LogP contribution in [0.15, 0.2) is 67.0 Å². The van der Waals surface area contributed by atoms with Crippen LogP contribution in [0.5, 0.6) is 5.75 Å². The summed E-state index contributed by atoms with van der Waals surface area (Å²) in [5.74, 6) is -0.116. The Balaban J connectivity index is 1.32. The Morgan fingerprint density at radius 2 is 2.00 bits per heavy atom. The van der Waals surface area contributed by atoms with Gasteiger partial charge in [0.25, 0.3) is 0 Å². The van der Waals surface area contributed by atoms with Crippen molar-refractivity contribution in [2.24, 2.45) is 5.92 Å². The van der Waals surface area contributed by atoms with E-state index in [1.54, 1.807) is 41.2 Å². The molecule has 0 aliphatic heterocycles. The van der Waals surface area contributed by atoms with Crippen LogP contribution < -0.4 is 10.1 Å². The van der Waals surface area contributed by atoms with E-state index in [0.717, 1.165) is 12.1 Å². The quantitative estimate of drug-likeness (QED) is 0.607. The summed E-state index contributed by atoms with van der Waals surface area (Å²) in [6.07, 6.45) is -0.315. The average Bonchev–Trinajstić information content (AvgIpc) is 3.36. The largest absolute Gasteiger partial charge is 0.492 e. The number of ether oxygens (including phenoxy) is 1. The van der Waals surface area contributed by atoms with Gasteiger partial charge in [-0.15, -0.1) is 0 Å². The second-order valence-corrected chi connectivity index (χ2v) is 7.21. The second-order valence-electron chi connectivity index (χ2n) is 7.21. The molecule has 0 spiro atoms. The highest BCUT2D eigenvalue weighted by Gasteiger charge is 2.44. The van der Waals surface area contributed by atoms with E-state index >= 15 is 0 Å². The number of carbonyl (C=O) groups is 1. The van der Waals surface area contributed by atoms with Crippen molar-refractivity contribution in [3.05, 3.63) is 78.1 Å². The van der Waals surface area contributed by atoms with Crippen LogP contribution in [-0.4, -0.2) is 22.3 Å². The zero-order chi connectivity index (χ0) is 21.1. The molecule has 1 fully saturated rings. The summed E-state index contributed by atoms with van der Waals surface area (Å²) in [6.45, 7) is 1.03. The van der Waals surface area contributed by atoms with E-state index in [0.29, 0.717) is 36.6 Å². The number of rotatable bonds is 7. The molecule has 2 aromatic carbocycles. The summed E-state index contributed by atoms with van der Waals surface area (Å²) in [4.78, 5) is 12.5. The van der Waals surface area contributed by atoms with Gasteiger partial charge < -0.3 is 10.1 Å². The van der Waals surface area contributed by atoms with Crippen molar-refractivity contribution in [3.63, 3.8) is 0 Å². The fourth-order valence-corrected chi connectivity index (χ4v) is 3.39. The Morgan fingerprint density at radius 1 is 1.17 bits per heavy atom. The fraction of sp³-hybridized carbons (Fsp3) is 0.273. The van der Waals surface area contributed by atoms with Crippen LogP contribution in [0.4, 0.5) is 18.9 Å². The lowest BCUT2D eigenvalue weighted by Gasteiger charge is -2.10. The maximum absolute atomic E-state index is 12.9. The molecule has 0 bridgehead atoms. The number of hydrogen-bond donors (Lipinski definition) is 1. The molecule has 1 heterocycles. The standard InChI is InChI=1S/C22H20F3N3O2/c23-22(24,25)16-5-1-4-15(12-16)19-14-20(19)21(29)27-17-6-2-7-18(13-17)30-11-10-28-9-3-8-26-28/h1-9,12-13,19-20H,10-11,14H2,(H,27,29). The predicted octanol–water partition coefficient (Wildman–Crippen LogP) is 4.72. The van der Waals surface area contributed by atoms with E-state index in [-0.39, 0.29) is 17.7 Å². The highest BCUT2D eigenvalue weighted by atomic mass is 19.4. The van der Waals surface area contributed by atoms with Crippen LogP contribution in [0.25, 0.3) is 0 Å². The predicted molar refractivity (Wildman–Crippen MR) is 105 cm³/mol. The lowest BCUT2D eigenvalue weighted by molar-refractivity contribution is -0.137. The van der Waals surface area contributed by atoms with Crippen LogP contribution in [0.3, 0.4) is 0 Å². The van der Waals surface area contributed by atoms with Crippen molar-refractivity contribution < 1.29 is 22.7 Å². The van der Waals surface area contributed by atoms with Crippen molar-refractivity contribution in [2.75, 3.05) is 11.9 Å². The van der Waals surface area contributed by atoms with E-state index in [9.17, 15) is 18.0 Å². The van der Waals surface area contributed by atoms with Gasteiger partial charge in [-0.25, -0.2) is 0 Å². The van der Waals surface area contributed by atoms with Gasteiger partial charge in [-0.3, -0.25) is 9.48 Å². The third-order valence-electron chi connectivity index (χ3n) is 5.02. The molecular formula is C22H20F3N3O2. The maximum Gasteiger partial charge on any atom is 0.416 e. The lowest BCUT2D eigenvalue weighted by Crippen LogP contribution is -2.15. The Kier molecular flexibility index (Phi) is 5.48. The molecule has 5 nitrogen and oxygen atoms in total. The van der Waals surface area contributed by atoms with Crippen LogP contribution in [0.2, 0.25) is 0 Å². The number of nitrogens with one attached hydrogen (secondary N) is 1. The van der Waals surface area contributed by atoms with Gasteiger partial charge in [-0.1, -0.05) is 24.3 Å². The van der Waals surface area contributed by atoms with E-state index < -0.39 is 11.7 Å². The van der Waals surface area contributed by atoms with Gasteiger partial charge in [0, 0.05) is 30.1 Å². The number of benzene rings is 2. The van der Waals surface area contributed by atoms with Crippen LogP contribution in [-0.2, 0) is 17.5 Å². The first kappa shape index (κ1) is 20.0. The third-order valence-corrected chi connectivity index (χ3v) is 5.02. The molecule has 4 rings (SSSR count). The van der Waals surface area contributed by atoms with E-state index in [1.807, 2.05) is 12.3 Å². The molecule has 0 radical (unpaired) electrons. The Hall–Kier alpha value is -3.29. The molecule has 156 valence electrons. The average molecular weight is 415 g/mol. The lowest BCUT2D eigenvalue weighted by atomic mass is 10.1. The minimum atomic E-state index is -4.39. The number of aromatic nitrogens is 2. The Bertz CT molecular complexity index is 1020. The zero-order valence-corrected chi connectivity index (χ0v) is 16.0. The van der Waals surface area contributed by atoms with E-state index in [2.05, 4.69) is 10.4 Å². The number of carbonyl (C=O) groups excluding carboxylic acids is 1. The minimum absolute atomic E-state index is 0.194. The van der Waals surface area contributed by atoms with Gasteiger partial charge in [0.2, 0.25) is 5.91 Å². The normalized spacial score (nSPS) is 18.1. The van der Waals surface area contributed by atoms with Crippen LogP contribution in [0, 0.1) is 5.92 Å². The first-order valence-electron chi connectivity index (χ1n) is 9.58. The third kappa shape index (κ3) is 4.82. The van der Waals surface area contributed by atoms with Gasteiger partial charge in [0.05, 0.1) is 12.1 Å². The smallest absolute Gasteiger partial charge is 0.416 e. The summed E-state index contributed by atoms with van der Waals surface area (Å²) in [5, 5.41) is 6.93. The van der Waals surface area contributed by atoms with Gasteiger partial charge in [-0.05, 0) is 42.2 Å². The fourth-order valence-electron chi connectivity index (χ4n) is 3.39. The van der Waals surface area contributed by atoms with Crippen molar-refractivity contribution in [3.8, 4) is 5.75 Å².